The number of aliphatic hydroxyl groups excluding tert-OH is 1. The maximum absolute atomic E-state index is 10.8. The summed E-state index contributed by atoms with van der Waals surface area (Å²) in [5, 5.41) is 11.1. The zero-order chi connectivity index (χ0) is 8.15. The van der Waals surface area contributed by atoms with Crippen LogP contribution >= 0.6 is 0 Å². The highest BCUT2D eigenvalue weighted by molar-refractivity contribution is 5.73. The Balaban J connectivity index is 3.57. The Bertz CT molecular complexity index is 114. The molecule has 2 amide bonds. The lowest BCUT2D eigenvalue weighted by Gasteiger charge is -2.15. The van der Waals surface area contributed by atoms with Crippen LogP contribution < -0.4 is 5.32 Å². The van der Waals surface area contributed by atoms with Crippen LogP contribution in [0.25, 0.3) is 0 Å². The van der Waals surface area contributed by atoms with E-state index in [9.17, 15) is 4.79 Å². The van der Waals surface area contributed by atoms with Gasteiger partial charge in [0, 0.05) is 14.1 Å². The monoisotopic (exact) mass is 146 g/mol. The van der Waals surface area contributed by atoms with Crippen molar-refractivity contribution in [2.45, 2.75) is 13.0 Å². The van der Waals surface area contributed by atoms with Crippen LogP contribution in [0.4, 0.5) is 4.79 Å². The Morgan fingerprint density at radius 2 is 2.20 bits per heavy atom. The molecule has 0 saturated carbocycles. The summed E-state index contributed by atoms with van der Waals surface area (Å²) in [5.41, 5.74) is 0. The van der Waals surface area contributed by atoms with Crippen molar-refractivity contribution in [3.05, 3.63) is 0 Å². The molecular weight excluding hydrogens is 132 g/mol. The minimum absolute atomic E-state index is 0.0282. The van der Waals surface area contributed by atoms with Crippen LogP contribution in [0, 0.1) is 0 Å². The molecule has 0 aliphatic rings. The number of nitrogens with one attached hydrogen (secondary N) is 1. The van der Waals surface area contributed by atoms with Crippen molar-refractivity contribution < 1.29 is 9.90 Å². The summed E-state index contributed by atoms with van der Waals surface area (Å²) in [5.74, 6) is 0. The number of nitrogens with zero attached hydrogens (tertiary/aromatic N) is 1. The molecule has 0 fully saturated rings. The molecule has 4 heteroatoms. The van der Waals surface area contributed by atoms with Crippen molar-refractivity contribution in [1.29, 1.82) is 0 Å². The Morgan fingerprint density at radius 3 is 2.50 bits per heavy atom. The summed E-state index contributed by atoms with van der Waals surface area (Å²) < 4.78 is 0. The van der Waals surface area contributed by atoms with E-state index in [-0.39, 0.29) is 18.7 Å². The van der Waals surface area contributed by atoms with E-state index in [1.807, 2.05) is 0 Å². The van der Waals surface area contributed by atoms with Gasteiger partial charge in [-0.25, -0.2) is 4.79 Å². The van der Waals surface area contributed by atoms with Gasteiger partial charge in [-0.05, 0) is 6.92 Å². The van der Waals surface area contributed by atoms with E-state index >= 15 is 0 Å². The molecule has 2 N–H and O–H groups in total. The summed E-state index contributed by atoms with van der Waals surface area (Å²) in [6.07, 6.45) is 0. The first-order valence-corrected chi connectivity index (χ1v) is 3.16. The molecule has 60 valence electrons. The maximum atomic E-state index is 10.8. The maximum Gasteiger partial charge on any atom is 0.317 e. The standard InChI is InChI=1S/C6H14N2O2/c1-5(4-9)7-6(10)8(2)3/h5,9H,4H2,1-3H3,(H,7,10)/t5-/m0/s1. The number of hydrogen-bond donors (Lipinski definition) is 2. The Kier molecular flexibility index (Phi) is 3.79. The molecule has 10 heavy (non-hydrogen) atoms. The van der Waals surface area contributed by atoms with Gasteiger partial charge in [0.05, 0.1) is 12.6 Å². The molecule has 1 atom stereocenters. The molecule has 0 heterocycles. The van der Waals surface area contributed by atoms with Gasteiger partial charge in [0.15, 0.2) is 0 Å². The smallest absolute Gasteiger partial charge is 0.317 e. The predicted molar refractivity (Wildman–Crippen MR) is 38.8 cm³/mol. The molecule has 0 aromatic carbocycles. The number of hydrogen-bond acceptors (Lipinski definition) is 2. The van der Waals surface area contributed by atoms with Crippen molar-refractivity contribution in [3.63, 3.8) is 0 Å². The Morgan fingerprint density at radius 1 is 1.70 bits per heavy atom. The van der Waals surface area contributed by atoms with E-state index in [0.717, 1.165) is 0 Å². The molecule has 4 nitrogen and oxygen atoms in total. The van der Waals surface area contributed by atoms with Crippen LogP contribution in [0.3, 0.4) is 0 Å². The highest BCUT2D eigenvalue weighted by atomic mass is 16.3. The van der Waals surface area contributed by atoms with Gasteiger partial charge in [-0.15, -0.1) is 0 Å². The van der Waals surface area contributed by atoms with Crippen molar-refractivity contribution in [2.24, 2.45) is 0 Å². The summed E-state index contributed by atoms with van der Waals surface area (Å²) in [7, 11) is 3.30. The molecule has 0 aliphatic carbocycles. The highest BCUT2D eigenvalue weighted by Crippen LogP contribution is 1.81. The number of carbonyl (C=O) groups is 1. The van der Waals surface area contributed by atoms with Crippen LogP contribution in [-0.4, -0.2) is 42.8 Å². The minimum Gasteiger partial charge on any atom is -0.394 e. The summed E-state index contributed by atoms with van der Waals surface area (Å²) in [6, 6.07) is -0.351. The lowest BCUT2D eigenvalue weighted by Crippen LogP contribution is -2.41. The lowest BCUT2D eigenvalue weighted by atomic mass is 10.4. The SMILES string of the molecule is C[C@@H](CO)NC(=O)N(C)C. The largest absolute Gasteiger partial charge is 0.394 e. The van der Waals surface area contributed by atoms with Crippen LogP contribution in [-0.2, 0) is 0 Å². The van der Waals surface area contributed by atoms with Gasteiger partial charge in [-0.3, -0.25) is 0 Å². The first kappa shape index (κ1) is 9.23. The van der Waals surface area contributed by atoms with Crippen molar-refractivity contribution in [2.75, 3.05) is 20.7 Å². The van der Waals surface area contributed by atoms with Crippen LogP contribution in [0.2, 0.25) is 0 Å². The normalized spacial score (nSPS) is 12.4. The fourth-order valence-electron chi connectivity index (χ4n) is 0.386. The van der Waals surface area contributed by atoms with E-state index < -0.39 is 0 Å². The molecule has 0 aromatic rings. The topological polar surface area (TPSA) is 52.6 Å². The third-order valence-electron chi connectivity index (χ3n) is 1.05. The molecule has 0 bridgehead atoms. The minimum atomic E-state index is -0.179. The number of rotatable bonds is 2. The average Bonchev–Trinajstić information content (AvgIpc) is 1.87. The fraction of sp³-hybridized carbons (Fsp3) is 0.833. The molecular formula is C6H14N2O2. The summed E-state index contributed by atoms with van der Waals surface area (Å²) in [4.78, 5) is 12.2. The zero-order valence-corrected chi connectivity index (χ0v) is 6.59. The van der Waals surface area contributed by atoms with Gasteiger partial charge in [-0.1, -0.05) is 0 Å². The first-order chi connectivity index (χ1) is 4.57. The van der Waals surface area contributed by atoms with E-state index in [1.54, 1.807) is 21.0 Å². The van der Waals surface area contributed by atoms with E-state index in [0.29, 0.717) is 0 Å². The number of amides is 2. The number of carbonyl (C=O) groups excluding carboxylic acids is 1. The van der Waals surface area contributed by atoms with Crippen molar-refractivity contribution >= 4 is 6.03 Å². The van der Waals surface area contributed by atoms with Gasteiger partial charge in [0.2, 0.25) is 0 Å². The number of urea groups is 1. The third-order valence-corrected chi connectivity index (χ3v) is 1.05. The van der Waals surface area contributed by atoms with Gasteiger partial charge in [0.1, 0.15) is 0 Å². The second-order valence-electron chi connectivity index (χ2n) is 2.43. The average molecular weight is 146 g/mol. The molecule has 0 aromatic heterocycles. The zero-order valence-electron chi connectivity index (χ0n) is 6.59. The molecule has 0 aliphatic heterocycles. The first-order valence-electron chi connectivity index (χ1n) is 3.16. The Labute approximate surface area is 60.8 Å². The van der Waals surface area contributed by atoms with Gasteiger partial charge < -0.3 is 15.3 Å². The molecule has 0 radical (unpaired) electrons. The number of aliphatic hydroxyl groups is 1. The van der Waals surface area contributed by atoms with E-state index in [4.69, 9.17) is 5.11 Å². The summed E-state index contributed by atoms with van der Waals surface area (Å²) in [6.45, 7) is 1.71. The highest BCUT2D eigenvalue weighted by Gasteiger charge is 2.05. The quantitative estimate of drug-likeness (QED) is 0.559. The molecule has 0 saturated heterocycles. The second-order valence-corrected chi connectivity index (χ2v) is 2.43. The predicted octanol–water partition coefficient (Wildman–Crippen LogP) is -0.362. The molecule has 0 spiro atoms. The molecule has 0 unspecified atom stereocenters. The van der Waals surface area contributed by atoms with Gasteiger partial charge in [-0.2, -0.15) is 0 Å². The van der Waals surface area contributed by atoms with Crippen molar-refractivity contribution in [3.8, 4) is 0 Å². The van der Waals surface area contributed by atoms with E-state index in [2.05, 4.69) is 5.32 Å². The third kappa shape index (κ3) is 3.29. The summed E-state index contributed by atoms with van der Waals surface area (Å²) >= 11 is 0. The second kappa shape index (κ2) is 4.11. The van der Waals surface area contributed by atoms with E-state index in [1.165, 1.54) is 4.90 Å². The molecule has 0 rings (SSSR count). The lowest BCUT2D eigenvalue weighted by molar-refractivity contribution is 0.201. The fourth-order valence-corrected chi connectivity index (χ4v) is 0.386. The Hall–Kier alpha value is -0.770. The van der Waals surface area contributed by atoms with Crippen LogP contribution in [0.5, 0.6) is 0 Å². The van der Waals surface area contributed by atoms with Crippen LogP contribution in [0.1, 0.15) is 6.92 Å². The van der Waals surface area contributed by atoms with Gasteiger partial charge >= 0.3 is 6.03 Å². The van der Waals surface area contributed by atoms with Crippen molar-refractivity contribution in [1.82, 2.24) is 10.2 Å². The van der Waals surface area contributed by atoms with Gasteiger partial charge in [0.25, 0.3) is 0 Å². The van der Waals surface area contributed by atoms with Crippen LogP contribution in [0.15, 0.2) is 0 Å².